The number of amides is 1. The number of likely N-dealkylation sites (tertiary alicyclic amines) is 1. The number of hydrogen-bond acceptors (Lipinski definition) is 6. The van der Waals surface area contributed by atoms with Crippen molar-refractivity contribution in [3.63, 3.8) is 0 Å². The molecule has 0 spiro atoms. The van der Waals surface area contributed by atoms with E-state index in [9.17, 15) is 9.59 Å². The summed E-state index contributed by atoms with van der Waals surface area (Å²) in [5.74, 6) is 0.475. The van der Waals surface area contributed by atoms with Crippen molar-refractivity contribution in [3.8, 4) is 0 Å². The predicted molar refractivity (Wildman–Crippen MR) is 115 cm³/mol. The molecular formula is C23H30N4O3. The Morgan fingerprint density at radius 3 is 2.53 bits per heavy atom. The smallest absolute Gasteiger partial charge is 0.328 e. The Hall–Kier alpha value is -2.70. The van der Waals surface area contributed by atoms with Crippen molar-refractivity contribution in [1.29, 1.82) is 0 Å². The molecule has 1 aromatic carbocycles. The molecule has 2 saturated heterocycles. The molecule has 7 heteroatoms. The summed E-state index contributed by atoms with van der Waals surface area (Å²) in [7, 11) is 1.39. The first-order valence-electron chi connectivity index (χ1n) is 10.9. The van der Waals surface area contributed by atoms with Crippen molar-refractivity contribution in [2.24, 2.45) is 5.92 Å². The van der Waals surface area contributed by atoms with Gasteiger partial charge >= 0.3 is 5.97 Å². The Labute approximate surface area is 177 Å². The van der Waals surface area contributed by atoms with Crippen molar-refractivity contribution >= 4 is 28.7 Å². The van der Waals surface area contributed by atoms with Gasteiger partial charge in [0, 0.05) is 30.9 Å². The minimum Gasteiger partial charge on any atom is -0.467 e. The number of carbonyl (C=O) groups excluding carboxylic acids is 2. The molecule has 3 heterocycles. The van der Waals surface area contributed by atoms with Crippen molar-refractivity contribution in [2.75, 3.05) is 31.6 Å². The number of benzene rings is 1. The molecule has 2 fully saturated rings. The Bertz CT molecular complexity index is 953. The number of piperidine rings is 2. The van der Waals surface area contributed by atoms with Crippen LogP contribution in [0.25, 0.3) is 10.9 Å². The van der Waals surface area contributed by atoms with E-state index < -0.39 is 6.04 Å². The van der Waals surface area contributed by atoms with E-state index >= 15 is 0 Å². The molecule has 0 radical (unpaired) electrons. The predicted octanol–water partition coefficient (Wildman–Crippen LogP) is 3.02. The number of aryl methyl sites for hydroxylation is 2. The van der Waals surface area contributed by atoms with Gasteiger partial charge in [0.2, 0.25) is 11.9 Å². The van der Waals surface area contributed by atoms with Gasteiger partial charge < -0.3 is 14.5 Å². The van der Waals surface area contributed by atoms with Crippen molar-refractivity contribution in [3.05, 3.63) is 29.5 Å². The number of nitrogens with zero attached hydrogens (tertiary/aromatic N) is 4. The molecule has 1 atom stereocenters. The first kappa shape index (κ1) is 20.6. The van der Waals surface area contributed by atoms with Crippen LogP contribution < -0.4 is 4.90 Å². The van der Waals surface area contributed by atoms with Gasteiger partial charge in [-0.3, -0.25) is 4.79 Å². The normalized spacial score (nSPS) is 20.4. The van der Waals surface area contributed by atoms with Gasteiger partial charge in [0.25, 0.3) is 0 Å². The first-order chi connectivity index (χ1) is 14.5. The van der Waals surface area contributed by atoms with E-state index in [1.807, 2.05) is 13.0 Å². The van der Waals surface area contributed by atoms with Gasteiger partial charge in [-0.15, -0.1) is 0 Å². The molecule has 2 aromatic rings. The lowest BCUT2D eigenvalue weighted by atomic mass is 9.92. The highest BCUT2D eigenvalue weighted by atomic mass is 16.5. The van der Waals surface area contributed by atoms with Crippen LogP contribution in [-0.4, -0.2) is 59.5 Å². The fourth-order valence-corrected chi connectivity index (χ4v) is 4.66. The zero-order valence-electron chi connectivity index (χ0n) is 18.1. The molecule has 0 aliphatic carbocycles. The molecule has 160 valence electrons. The van der Waals surface area contributed by atoms with Crippen molar-refractivity contribution in [1.82, 2.24) is 14.9 Å². The van der Waals surface area contributed by atoms with Gasteiger partial charge in [0.1, 0.15) is 6.04 Å². The summed E-state index contributed by atoms with van der Waals surface area (Å²) in [5, 5.41) is 1.09. The monoisotopic (exact) mass is 410 g/mol. The van der Waals surface area contributed by atoms with Crippen molar-refractivity contribution in [2.45, 2.75) is 52.0 Å². The van der Waals surface area contributed by atoms with E-state index in [4.69, 9.17) is 14.7 Å². The number of esters is 1. The third kappa shape index (κ3) is 3.98. The molecule has 4 rings (SSSR count). The molecule has 0 N–H and O–H groups in total. The highest BCUT2D eigenvalue weighted by Crippen LogP contribution is 2.28. The molecule has 0 saturated carbocycles. The number of carbonyl (C=O) groups is 2. The fourth-order valence-electron chi connectivity index (χ4n) is 4.66. The van der Waals surface area contributed by atoms with Gasteiger partial charge in [0.05, 0.1) is 18.3 Å². The highest BCUT2D eigenvalue weighted by Gasteiger charge is 2.37. The number of aromatic nitrogens is 2. The van der Waals surface area contributed by atoms with Crippen LogP contribution in [0.3, 0.4) is 0 Å². The zero-order valence-corrected chi connectivity index (χ0v) is 18.1. The molecule has 1 aromatic heterocycles. The molecule has 2 aliphatic rings. The van der Waals surface area contributed by atoms with Crippen LogP contribution in [-0.2, 0) is 14.3 Å². The lowest BCUT2D eigenvalue weighted by molar-refractivity contribution is -0.156. The summed E-state index contributed by atoms with van der Waals surface area (Å²) in [6, 6.07) is 5.81. The lowest BCUT2D eigenvalue weighted by Gasteiger charge is -2.38. The van der Waals surface area contributed by atoms with E-state index in [2.05, 4.69) is 24.0 Å². The van der Waals surface area contributed by atoms with E-state index in [-0.39, 0.29) is 17.8 Å². The maximum Gasteiger partial charge on any atom is 0.328 e. The average Bonchev–Trinajstić information content (AvgIpc) is 2.78. The number of methoxy groups -OCH3 is 1. The zero-order chi connectivity index (χ0) is 21.3. The first-order valence-corrected chi connectivity index (χ1v) is 10.9. The van der Waals surface area contributed by atoms with Crippen LogP contribution in [0.2, 0.25) is 0 Å². The van der Waals surface area contributed by atoms with E-state index in [0.29, 0.717) is 13.0 Å². The standard InChI is InChI=1S/C23H30N4O3/c1-15-7-8-19-18(14-15)16(2)24-23(25-19)26-12-9-17(10-13-26)21(28)27-11-5-4-6-20(27)22(29)30-3/h7-8,14,17,20H,4-6,9-13H2,1-3H3/t20-/m0/s1. The summed E-state index contributed by atoms with van der Waals surface area (Å²) in [6.07, 6.45) is 4.10. The average molecular weight is 411 g/mol. The number of fused-ring (bicyclic) bond motifs is 1. The van der Waals surface area contributed by atoms with Crippen LogP contribution in [0.1, 0.15) is 43.4 Å². The second kappa shape index (κ2) is 8.58. The molecule has 0 bridgehead atoms. The minimum absolute atomic E-state index is 0.0595. The van der Waals surface area contributed by atoms with Gasteiger partial charge in [-0.2, -0.15) is 0 Å². The molecule has 7 nitrogen and oxygen atoms in total. The molecule has 2 aliphatic heterocycles. The fraction of sp³-hybridized carbons (Fsp3) is 0.565. The molecule has 0 unspecified atom stereocenters. The largest absolute Gasteiger partial charge is 0.467 e. The molecular weight excluding hydrogens is 380 g/mol. The van der Waals surface area contributed by atoms with Crippen LogP contribution >= 0.6 is 0 Å². The maximum atomic E-state index is 13.2. The van der Waals surface area contributed by atoms with Gasteiger partial charge in [-0.05, 0) is 58.1 Å². The van der Waals surface area contributed by atoms with Crippen LogP contribution in [0.5, 0.6) is 0 Å². The third-order valence-electron chi connectivity index (χ3n) is 6.42. The van der Waals surface area contributed by atoms with Crippen LogP contribution in [0.15, 0.2) is 18.2 Å². The molecule has 30 heavy (non-hydrogen) atoms. The van der Waals surface area contributed by atoms with E-state index in [0.717, 1.165) is 61.3 Å². The summed E-state index contributed by atoms with van der Waals surface area (Å²) in [4.78, 5) is 38.7. The Morgan fingerprint density at radius 1 is 1.03 bits per heavy atom. The maximum absolute atomic E-state index is 13.2. The topological polar surface area (TPSA) is 75.6 Å². The second-order valence-electron chi connectivity index (χ2n) is 8.46. The van der Waals surface area contributed by atoms with Crippen LogP contribution in [0.4, 0.5) is 5.95 Å². The molecule has 1 amide bonds. The van der Waals surface area contributed by atoms with Crippen LogP contribution in [0, 0.1) is 19.8 Å². The Balaban J connectivity index is 1.44. The summed E-state index contributed by atoms with van der Waals surface area (Å²) < 4.78 is 4.93. The number of ether oxygens (including phenoxy) is 1. The summed E-state index contributed by atoms with van der Waals surface area (Å²) in [5.41, 5.74) is 3.13. The van der Waals surface area contributed by atoms with Gasteiger partial charge in [-0.25, -0.2) is 14.8 Å². The quantitative estimate of drug-likeness (QED) is 0.724. The van der Waals surface area contributed by atoms with E-state index in [1.54, 1.807) is 4.90 Å². The lowest BCUT2D eigenvalue weighted by Crippen LogP contribution is -2.52. The minimum atomic E-state index is -0.427. The highest BCUT2D eigenvalue weighted by molar-refractivity contribution is 5.86. The van der Waals surface area contributed by atoms with Gasteiger partial charge in [0.15, 0.2) is 0 Å². The Morgan fingerprint density at radius 2 is 1.80 bits per heavy atom. The second-order valence-corrected chi connectivity index (χ2v) is 8.46. The number of anilines is 1. The van der Waals surface area contributed by atoms with Crippen molar-refractivity contribution < 1.29 is 14.3 Å². The summed E-state index contributed by atoms with van der Waals surface area (Å²) >= 11 is 0. The third-order valence-corrected chi connectivity index (χ3v) is 6.42. The number of hydrogen-bond donors (Lipinski definition) is 0. The number of rotatable bonds is 3. The van der Waals surface area contributed by atoms with Gasteiger partial charge in [-0.1, -0.05) is 11.6 Å². The SMILES string of the molecule is COC(=O)[C@@H]1CCCCN1C(=O)C1CCN(c2nc(C)c3cc(C)ccc3n2)CC1. The Kier molecular flexibility index (Phi) is 5.88. The van der Waals surface area contributed by atoms with E-state index in [1.165, 1.54) is 12.7 Å². The summed E-state index contributed by atoms with van der Waals surface area (Å²) in [6.45, 7) is 6.22.